The smallest absolute Gasteiger partial charge is 0.331 e. The molecule has 0 aliphatic rings. The molecule has 0 atom stereocenters. The lowest BCUT2D eigenvalue weighted by Gasteiger charge is -2.21. The fraction of sp³-hybridized carbons (Fsp3) is 0.462. The first-order chi connectivity index (χ1) is 8.42. The van der Waals surface area contributed by atoms with E-state index < -0.39 is 0 Å². The first kappa shape index (κ1) is 14.3. The van der Waals surface area contributed by atoms with Crippen molar-refractivity contribution in [1.29, 1.82) is 0 Å². The summed E-state index contributed by atoms with van der Waals surface area (Å²) in [5.41, 5.74) is 6.50. The van der Waals surface area contributed by atoms with E-state index in [2.05, 4.69) is 11.5 Å². The number of carbonyl (C=O) groups excluding carboxylic acids is 1. The Bertz CT molecular complexity index is 458. The summed E-state index contributed by atoms with van der Waals surface area (Å²) in [5.74, 6) is 5.95. The molecule has 0 aliphatic heterocycles. The van der Waals surface area contributed by atoms with Crippen molar-refractivity contribution in [3.05, 3.63) is 28.3 Å². The van der Waals surface area contributed by atoms with Gasteiger partial charge in [-0.3, -0.25) is 5.43 Å². The van der Waals surface area contributed by atoms with Gasteiger partial charge < -0.3 is 9.64 Å². The molecule has 0 spiro atoms. The monoisotopic (exact) mass is 251 g/mol. The Morgan fingerprint density at radius 1 is 1.39 bits per heavy atom. The van der Waals surface area contributed by atoms with Crippen LogP contribution in [-0.4, -0.2) is 25.1 Å². The maximum absolute atomic E-state index is 11.4. The third kappa shape index (κ3) is 2.73. The Kier molecular flexibility index (Phi) is 4.55. The van der Waals surface area contributed by atoms with Crippen molar-refractivity contribution in [1.82, 2.24) is 10.3 Å². The predicted octanol–water partition coefficient (Wildman–Crippen LogP) is 1.64. The van der Waals surface area contributed by atoms with Crippen molar-refractivity contribution in [2.75, 3.05) is 14.2 Å². The number of hydrazine groups is 1. The Labute approximate surface area is 108 Å². The topological polar surface area (TPSA) is 67.6 Å². The molecule has 18 heavy (non-hydrogen) atoms. The molecule has 2 amide bonds. The minimum absolute atomic E-state index is 0.324. The molecule has 3 N–H and O–H groups in total. The Morgan fingerprint density at radius 2 is 2.00 bits per heavy atom. The van der Waals surface area contributed by atoms with Crippen molar-refractivity contribution in [3.63, 3.8) is 0 Å². The van der Waals surface area contributed by atoms with Crippen LogP contribution in [0.5, 0.6) is 5.75 Å². The van der Waals surface area contributed by atoms with Gasteiger partial charge >= 0.3 is 6.03 Å². The number of hydrogen-bond acceptors (Lipinski definition) is 3. The van der Waals surface area contributed by atoms with Crippen molar-refractivity contribution in [2.45, 2.75) is 27.3 Å². The molecule has 1 aromatic carbocycles. The molecule has 0 saturated carbocycles. The molecule has 100 valence electrons. The molecule has 0 bridgehead atoms. The molecule has 0 unspecified atom stereocenters. The Hall–Kier alpha value is -1.75. The average Bonchev–Trinajstić information content (AvgIpc) is 2.35. The van der Waals surface area contributed by atoms with Gasteiger partial charge in [0.05, 0.1) is 13.7 Å². The molecule has 0 fully saturated rings. The van der Waals surface area contributed by atoms with Crippen molar-refractivity contribution in [2.24, 2.45) is 5.84 Å². The summed E-state index contributed by atoms with van der Waals surface area (Å²) in [6.07, 6.45) is 0. The summed E-state index contributed by atoms with van der Waals surface area (Å²) in [4.78, 5) is 12.9. The largest absolute Gasteiger partial charge is 0.496 e. The highest BCUT2D eigenvalue weighted by Crippen LogP contribution is 2.30. The van der Waals surface area contributed by atoms with Gasteiger partial charge in [-0.1, -0.05) is 6.07 Å². The van der Waals surface area contributed by atoms with Gasteiger partial charge in [-0.25, -0.2) is 10.6 Å². The van der Waals surface area contributed by atoms with Gasteiger partial charge in [0.2, 0.25) is 0 Å². The molecular formula is C13H21N3O2. The van der Waals surface area contributed by atoms with E-state index >= 15 is 0 Å². The van der Waals surface area contributed by atoms with E-state index in [0.29, 0.717) is 6.54 Å². The number of aryl methyl sites for hydroxylation is 2. The second-order valence-electron chi connectivity index (χ2n) is 4.45. The van der Waals surface area contributed by atoms with E-state index in [1.807, 2.05) is 20.8 Å². The summed E-state index contributed by atoms with van der Waals surface area (Å²) in [6, 6.07) is 1.77. The van der Waals surface area contributed by atoms with E-state index in [1.54, 1.807) is 14.2 Å². The highest BCUT2D eigenvalue weighted by atomic mass is 16.5. The van der Waals surface area contributed by atoms with E-state index in [-0.39, 0.29) is 6.03 Å². The summed E-state index contributed by atoms with van der Waals surface area (Å²) in [6.45, 7) is 6.53. The molecule has 0 radical (unpaired) electrons. The van der Waals surface area contributed by atoms with E-state index in [0.717, 1.165) is 22.4 Å². The zero-order chi connectivity index (χ0) is 13.9. The minimum Gasteiger partial charge on any atom is -0.496 e. The maximum atomic E-state index is 11.4. The number of nitrogens with zero attached hydrogens (tertiary/aromatic N) is 1. The number of hydrogen-bond donors (Lipinski definition) is 2. The van der Waals surface area contributed by atoms with Crippen LogP contribution in [0.4, 0.5) is 4.79 Å². The van der Waals surface area contributed by atoms with E-state index in [9.17, 15) is 4.79 Å². The van der Waals surface area contributed by atoms with Gasteiger partial charge in [0.25, 0.3) is 0 Å². The zero-order valence-corrected chi connectivity index (χ0v) is 11.6. The summed E-state index contributed by atoms with van der Waals surface area (Å²) >= 11 is 0. The van der Waals surface area contributed by atoms with Crippen LogP contribution in [-0.2, 0) is 6.54 Å². The molecule has 1 aromatic rings. The standard InChI is InChI=1S/C13H21N3O2/c1-8-6-9(2)11(12(18-5)10(8)3)7-16(4)13(17)15-14/h6H,7,14H2,1-5H3,(H,15,17). The molecule has 0 aliphatic carbocycles. The maximum Gasteiger partial charge on any atom is 0.331 e. The lowest BCUT2D eigenvalue weighted by molar-refractivity contribution is 0.206. The van der Waals surface area contributed by atoms with Crippen LogP contribution in [0.2, 0.25) is 0 Å². The average molecular weight is 251 g/mol. The minimum atomic E-state index is -0.324. The number of nitrogens with two attached hydrogens (primary N) is 1. The number of urea groups is 1. The predicted molar refractivity (Wildman–Crippen MR) is 71.4 cm³/mol. The normalized spacial score (nSPS) is 10.1. The van der Waals surface area contributed by atoms with Gasteiger partial charge in [-0.15, -0.1) is 0 Å². The van der Waals surface area contributed by atoms with Gasteiger partial charge in [-0.2, -0.15) is 0 Å². The van der Waals surface area contributed by atoms with Crippen LogP contribution in [0.1, 0.15) is 22.3 Å². The van der Waals surface area contributed by atoms with Crippen LogP contribution >= 0.6 is 0 Å². The number of amides is 2. The van der Waals surface area contributed by atoms with Gasteiger partial charge in [0.15, 0.2) is 0 Å². The quantitative estimate of drug-likeness (QED) is 0.487. The zero-order valence-electron chi connectivity index (χ0n) is 11.6. The van der Waals surface area contributed by atoms with E-state index in [4.69, 9.17) is 10.6 Å². The Morgan fingerprint density at radius 3 is 2.50 bits per heavy atom. The number of carbonyl (C=O) groups is 1. The molecule has 0 heterocycles. The summed E-state index contributed by atoms with van der Waals surface area (Å²) < 4.78 is 5.46. The highest BCUT2D eigenvalue weighted by molar-refractivity contribution is 5.73. The third-order valence-corrected chi connectivity index (χ3v) is 3.18. The van der Waals surface area contributed by atoms with Gasteiger partial charge in [0.1, 0.15) is 5.75 Å². The molecule has 0 aromatic heterocycles. The molecule has 1 rings (SSSR count). The number of benzene rings is 1. The molecular weight excluding hydrogens is 230 g/mol. The van der Waals surface area contributed by atoms with E-state index in [1.165, 1.54) is 10.5 Å². The second kappa shape index (κ2) is 5.73. The SMILES string of the molecule is COc1c(C)c(C)cc(C)c1CN(C)C(=O)NN. The second-order valence-corrected chi connectivity index (χ2v) is 4.45. The lowest BCUT2D eigenvalue weighted by atomic mass is 9.98. The summed E-state index contributed by atoms with van der Waals surface area (Å²) in [7, 11) is 3.34. The Balaban J connectivity index is 3.16. The number of ether oxygens (including phenoxy) is 1. The number of methoxy groups -OCH3 is 1. The van der Waals surface area contributed by atoms with Crippen molar-refractivity contribution in [3.8, 4) is 5.75 Å². The molecule has 5 heteroatoms. The van der Waals surface area contributed by atoms with Crippen LogP contribution in [0.15, 0.2) is 6.07 Å². The first-order valence-corrected chi connectivity index (χ1v) is 5.77. The first-order valence-electron chi connectivity index (χ1n) is 5.77. The van der Waals surface area contributed by atoms with Crippen molar-refractivity contribution < 1.29 is 9.53 Å². The number of rotatable bonds is 3. The van der Waals surface area contributed by atoms with Crippen LogP contribution in [0, 0.1) is 20.8 Å². The molecule has 5 nitrogen and oxygen atoms in total. The highest BCUT2D eigenvalue weighted by Gasteiger charge is 2.16. The van der Waals surface area contributed by atoms with Crippen LogP contribution in [0.3, 0.4) is 0 Å². The van der Waals surface area contributed by atoms with Crippen LogP contribution in [0.25, 0.3) is 0 Å². The van der Waals surface area contributed by atoms with Gasteiger partial charge in [-0.05, 0) is 37.5 Å². The fourth-order valence-electron chi connectivity index (χ4n) is 2.00. The fourth-order valence-corrected chi connectivity index (χ4v) is 2.00. The number of nitrogens with one attached hydrogen (secondary N) is 1. The summed E-state index contributed by atoms with van der Waals surface area (Å²) in [5, 5.41) is 0. The third-order valence-electron chi connectivity index (χ3n) is 3.18. The van der Waals surface area contributed by atoms with Crippen LogP contribution < -0.4 is 16.0 Å². The lowest BCUT2D eigenvalue weighted by Crippen LogP contribution is -2.40. The molecule has 0 saturated heterocycles. The van der Waals surface area contributed by atoms with Crippen molar-refractivity contribution >= 4 is 6.03 Å². The van der Waals surface area contributed by atoms with Gasteiger partial charge in [0, 0.05) is 12.6 Å².